The molecule has 0 saturated heterocycles. The lowest BCUT2D eigenvalue weighted by molar-refractivity contribution is 0.0953. The van der Waals surface area contributed by atoms with E-state index in [0.717, 1.165) is 41.3 Å². The number of rotatable bonds is 7. The summed E-state index contributed by atoms with van der Waals surface area (Å²) in [4.78, 5) is 12.4. The summed E-state index contributed by atoms with van der Waals surface area (Å²) < 4.78 is 1.12. The van der Waals surface area contributed by atoms with E-state index in [1.54, 1.807) is 0 Å². The predicted octanol–water partition coefficient (Wildman–Crippen LogP) is 6.44. The average Bonchev–Trinajstić information content (AvgIpc) is 2.79. The molecule has 0 aromatic heterocycles. The molecule has 0 spiro atoms. The highest BCUT2D eigenvalue weighted by molar-refractivity contribution is 9.10. The fourth-order valence-corrected chi connectivity index (χ4v) is 4.36. The number of hydrogen-bond donors (Lipinski definition) is 2. The van der Waals surface area contributed by atoms with E-state index in [1.807, 2.05) is 42.5 Å². The van der Waals surface area contributed by atoms with E-state index in [4.69, 9.17) is 0 Å². The van der Waals surface area contributed by atoms with Crippen LogP contribution in [0.15, 0.2) is 77.3 Å². The third-order valence-electron chi connectivity index (χ3n) is 5.71. The lowest BCUT2D eigenvalue weighted by Gasteiger charge is -2.27. The van der Waals surface area contributed by atoms with Crippen LogP contribution in [0.3, 0.4) is 0 Å². The SMILES string of the molecule is O=C(NCCCCC1CCc2ccc(Br)cc2N1)c1ccc(-c2ccccc2)cc1. The molecule has 0 radical (unpaired) electrons. The van der Waals surface area contributed by atoms with Gasteiger partial charge in [0.05, 0.1) is 0 Å². The molecule has 0 bridgehead atoms. The van der Waals surface area contributed by atoms with Gasteiger partial charge in [0.1, 0.15) is 0 Å². The molecule has 1 atom stereocenters. The zero-order valence-electron chi connectivity index (χ0n) is 17.0. The van der Waals surface area contributed by atoms with Crippen molar-refractivity contribution in [1.29, 1.82) is 0 Å². The van der Waals surface area contributed by atoms with Gasteiger partial charge in [-0.3, -0.25) is 4.79 Å². The van der Waals surface area contributed by atoms with Crippen LogP contribution >= 0.6 is 15.9 Å². The van der Waals surface area contributed by atoms with E-state index in [-0.39, 0.29) is 5.91 Å². The molecule has 3 aromatic rings. The second-order valence-corrected chi connectivity index (χ2v) is 8.79. The molecule has 1 heterocycles. The Kier molecular flexibility index (Phi) is 6.85. The molecule has 4 heteroatoms. The highest BCUT2D eigenvalue weighted by Crippen LogP contribution is 2.29. The first-order valence-electron chi connectivity index (χ1n) is 10.7. The van der Waals surface area contributed by atoms with E-state index in [1.165, 1.54) is 17.7 Å². The maximum absolute atomic E-state index is 12.4. The Bertz CT molecular complexity index is 986. The quantitative estimate of drug-likeness (QED) is 0.396. The highest BCUT2D eigenvalue weighted by Gasteiger charge is 2.17. The Morgan fingerprint density at radius 3 is 2.53 bits per heavy atom. The molecule has 0 aliphatic carbocycles. The fraction of sp³-hybridized carbons (Fsp3) is 0.269. The molecule has 1 unspecified atom stereocenters. The van der Waals surface area contributed by atoms with E-state index in [2.05, 4.69) is 56.9 Å². The Morgan fingerprint density at radius 2 is 1.73 bits per heavy atom. The minimum absolute atomic E-state index is 0.00387. The maximum atomic E-state index is 12.4. The number of amides is 1. The van der Waals surface area contributed by atoms with Crippen LogP contribution in [0, 0.1) is 0 Å². The number of unbranched alkanes of at least 4 members (excludes halogenated alkanes) is 1. The molecule has 0 saturated carbocycles. The average molecular weight is 463 g/mol. The predicted molar refractivity (Wildman–Crippen MR) is 128 cm³/mol. The zero-order valence-corrected chi connectivity index (χ0v) is 18.6. The molecule has 3 aromatic carbocycles. The van der Waals surface area contributed by atoms with Crippen LogP contribution in [0.25, 0.3) is 11.1 Å². The van der Waals surface area contributed by atoms with E-state index < -0.39 is 0 Å². The Hall–Kier alpha value is -2.59. The van der Waals surface area contributed by atoms with Crippen LogP contribution in [0.2, 0.25) is 0 Å². The minimum atomic E-state index is 0.00387. The summed E-state index contributed by atoms with van der Waals surface area (Å²) in [5.41, 5.74) is 5.66. The molecule has 1 amide bonds. The van der Waals surface area contributed by atoms with Crippen molar-refractivity contribution in [2.45, 2.75) is 38.1 Å². The van der Waals surface area contributed by atoms with Crippen molar-refractivity contribution >= 4 is 27.5 Å². The molecule has 1 aliphatic rings. The van der Waals surface area contributed by atoms with Crippen molar-refractivity contribution in [2.24, 2.45) is 0 Å². The molecule has 4 rings (SSSR count). The fourth-order valence-electron chi connectivity index (χ4n) is 4.00. The summed E-state index contributed by atoms with van der Waals surface area (Å²) in [6.45, 7) is 0.716. The second kappa shape index (κ2) is 9.94. The molecular weight excluding hydrogens is 436 g/mol. The number of anilines is 1. The van der Waals surface area contributed by atoms with Gasteiger partial charge in [-0.15, -0.1) is 0 Å². The Balaban J connectivity index is 1.18. The summed E-state index contributed by atoms with van der Waals surface area (Å²) >= 11 is 3.55. The Morgan fingerprint density at radius 1 is 0.967 bits per heavy atom. The summed E-state index contributed by atoms with van der Waals surface area (Å²) in [6, 6.07) is 25.0. The van der Waals surface area contributed by atoms with Crippen molar-refractivity contribution in [1.82, 2.24) is 5.32 Å². The first-order chi connectivity index (χ1) is 14.7. The largest absolute Gasteiger partial charge is 0.382 e. The van der Waals surface area contributed by atoms with Gasteiger partial charge in [-0.1, -0.05) is 64.5 Å². The van der Waals surface area contributed by atoms with Crippen LogP contribution in [-0.2, 0) is 6.42 Å². The normalized spacial score (nSPS) is 15.2. The number of fused-ring (bicyclic) bond motifs is 1. The van der Waals surface area contributed by atoms with Gasteiger partial charge in [0, 0.05) is 28.3 Å². The Labute approximate surface area is 187 Å². The third-order valence-corrected chi connectivity index (χ3v) is 6.21. The molecule has 1 aliphatic heterocycles. The molecule has 0 fully saturated rings. The molecule has 2 N–H and O–H groups in total. The number of halogens is 1. The summed E-state index contributed by atoms with van der Waals surface area (Å²) in [5.74, 6) is 0.00387. The zero-order chi connectivity index (χ0) is 20.8. The lowest BCUT2D eigenvalue weighted by Crippen LogP contribution is -2.27. The third kappa shape index (κ3) is 5.31. The molecule has 154 valence electrons. The maximum Gasteiger partial charge on any atom is 0.251 e. The lowest BCUT2D eigenvalue weighted by atomic mass is 9.95. The van der Waals surface area contributed by atoms with Crippen molar-refractivity contribution in [2.75, 3.05) is 11.9 Å². The van der Waals surface area contributed by atoms with Gasteiger partial charge >= 0.3 is 0 Å². The summed E-state index contributed by atoms with van der Waals surface area (Å²) in [6.07, 6.45) is 5.55. The second-order valence-electron chi connectivity index (χ2n) is 7.88. The van der Waals surface area contributed by atoms with E-state index >= 15 is 0 Å². The van der Waals surface area contributed by atoms with Gasteiger partial charge in [-0.05, 0) is 73.1 Å². The topological polar surface area (TPSA) is 41.1 Å². The summed E-state index contributed by atoms with van der Waals surface area (Å²) in [5, 5.41) is 6.72. The monoisotopic (exact) mass is 462 g/mol. The van der Waals surface area contributed by atoms with Crippen molar-refractivity contribution < 1.29 is 4.79 Å². The van der Waals surface area contributed by atoms with Crippen LogP contribution in [0.4, 0.5) is 5.69 Å². The summed E-state index contributed by atoms with van der Waals surface area (Å²) in [7, 11) is 0. The van der Waals surface area contributed by atoms with Crippen LogP contribution in [-0.4, -0.2) is 18.5 Å². The standard InChI is InChI=1S/C26H27BrN2O/c27-23-15-13-21-14-16-24(29-25(21)18-23)8-4-5-17-28-26(30)22-11-9-20(10-12-22)19-6-2-1-3-7-19/h1-3,6-7,9-13,15,18,24,29H,4-5,8,14,16-17H2,(H,28,30). The number of hydrogen-bond acceptors (Lipinski definition) is 2. The van der Waals surface area contributed by atoms with Gasteiger partial charge < -0.3 is 10.6 Å². The van der Waals surface area contributed by atoms with Gasteiger partial charge in [-0.25, -0.2) is 0 Å². The number of carbonyl (C=O) groups is 1. The minimum Gasteiger partial charge on any atom is -0.382 e. The van der Waals surface area contributed by atoms with E-state index in [9.17, 15) is 4.79 Å². The van der Waals surface area contributed by atoms with Gasteiger partial charge in [0.2, 0.25) is 0 Å². The number of carbonyl (C=O) groups excluding carboxylic acids is 1. The van der Waals surface area contributed by atoms with Crippen LogP contribution in [0.5, 0.6) is 0 Å². The highest BCUT2D eigenvalue weighted by atomic mass is 79.9. The van der Waals surface area contributed by atoms with Gasteiger partial charge in [-0.2, -0.15) is 0 Å². The number of nitrogens with one attached hydrogen (secondary N) is 2. The van der Waals surface area contributed by atoms with Crippen molar-refractivity contribution in [3.05, 3.63) is 88.4 Å². The van der Waals surface area contributed by atoms with E-state index in [0.29, 0.717) is 18.2 Å². The van der Waals surface area contributed by atoms with Gasteiger partial charge in [0.15, 0.2) is 0 Å². The van der Waals surface area contributed by atoms with Crippen LogP contribution < -0.4 is 10.6 Å². The molecule has 3 nitrogen and oxygen atoms in total. The first-order valence-corrected chi connectivity index (χ1v) is 11.5. The number of benzene rings is 3. The molecule has 30 heavy (non-hydrogen) atoms. The molecular formula is C26H27BrN2O. The smallest absolute Gasteiger partial charge is 0.251 e. The van der Waals surface area contributed by atoms with Crippen molar-refractivity contribution in [3.63, 3.8) is 0 Å². The van der Waals surface area contributed by atoms with Crippen molar-refractivity contribution in [3.8, 4) is 11.1 Å². The van der Waals surface area contributed by atoms with Gasteiger partial charge in [0.25, 0.3) is 5.91 Å². The first kappa shape index (κ1) is 20.7. The van der Waals surface area contributed by atoms with Crippen LogP contribution in [0.1, 0.15) is 41.6 Å². The number of aryl methyl sites for hydroxylation is 1.